The van der Waals surface area contributed by atoms with Gasteiger partial charge in [-0.05, 0) is 124 Å². The third-order valence-electron chi connectivity index (χ3n) is 11.5. The van der Waals surface area contributed by atoms with Gasteiger partial charge in [-0.15, -0.1) is 0 Å². The van der Waals surface area contributed by atoms with E-state index in [4.69, 9.17) is 37.6 Å². The van der Waals surface area contributed by atoms with Gasteiger partial charge in [0, 0.05) is 14.2 Å². The van der Waals surface area contributed by atoms with Gasteiger partial charge >= 0.3 is 14.2 Å². The predicted molar refractivity (Wildman–Crippen MR) is 200 cm³/mol. The fourth-order valence-electron chi connectivity index (χ4n) is 7.26. The Balaban J connectivity index is 1.46. The molecule has 10 heteroatoms. The Morgan fingerprint density at radius 1 is 0.471 bits per heavy atom. The van der Waals surface area contributed by atoms with Crippen LogP contribution in [-0.2, 0) is 33.5 Å². The van der Waals surface area contributed by atoms with Crippen molar-refractivity contribution in [1.82, 2.24) is 0 Å². The lowest BCUT2D eigenvalue weighted by Gasteiger charge is -2.34. The van der Waals surface area contributed by atoms with Crippen LogP contribution >= 0.6 is 0 Å². The smallest absolute Gasteiger partial charge is 0.468 e. The summed E-state index contributed by atoms with van der Waals surface area (Å²) in [7, 11) is 2.17. The van der Waals surface area contributed by atoms with E-state index in [0.717, 1.165) is 55.8 Å². The number of methoxy groups -OCH3 is 2. The van der Waals surface area contributed by atoms with Gasteiger partial charge in [-0.25, -0.2) is 0 Å². The summed E-state index contributed by atoms with van der Waals surface area (Å²) in [6.07, 6.45) is 0. The molecule has 0 N–H and O–H groups in total. The molecule has 4 aromatic rings. The normalized spacial score (nSPS) is 20.3. The highest BCUT2D eigenvalue weighted by Gasteiger charge is 2.55. The molecule has 1 aliphatic carbocycles. The molecule has 51 heavy (non-hydrogen) atoms. The molecule has 0 unspecified atom stereocenters. The summed E-state index contributed by atoms with van der Waals surface area (Å²) >= 11 is 0. The van der Waals surface area contributed by atoms with Gasteiger partial charge in [0.2, 0.25) is 0 Å². The Labute approximate surface area is 302 Å². The van der Waals surface area contributed by atoms with Crippen LogP contribution in [0, 0.1) is 0 Å². The molecule has 2 aliphatic heterocycles. The second-order valence-corrected chi connectivity index (χ2v) is 15.7. The monoisotopic (exact) mass is 690 g/mol. The van der Waals surface area contributed by atoms with Crippen LogP contribution in [0.4, 0.5) is 0 Å². The van der Waals surface area contributed by atoms with Crippen molar-refractivity contribution in [3.8, 4) is 22.6 Å². The number of hydrogen-bond donors (Lipinski definition) is 0. The minimum absolute atomic E-state index is 0.161. The first-order valence-electron chi connectivity index (χ1n) is 17.6. The summed E-state index contributed by atoms with van der Waals surface area (Å²) < 4.78 is 48.4. The molecule has 8 nitrogen and oxygen atoms in total. The summed E-state index contributed by atoms with van der Waals surface area (Å²) in [6, 6.07) is 29.8. The number of hydrogen-bond acceptors (Lipinski definition) is 8. The average Bonchev–Trinajstić information content (AvgIpc) is 3.61. The molecule has 3 aliphatic rings. The fourth-order valence-corrected chi connectivity index (χ4v) is 7.26. The van der Waals surface area contributed by atoms with E-state index in [2.05, 4.69) is 116 Å². The van der Waals surface area contributed by atoms with E-state index in [1.165, 1.54) is 0 Å². The van der Waals surface area contributed by atoms with E-state index in [1.54, 1.807) is 14.2 Å². The lowest BCUT2D eigenvalue weighted by Crippen LogP contribution is -2.41. The minimum atomic E-state index is -0.760. The predicted octanol–water partition coefficient (Wildman–Crippen LogP) is 6.61. The molecule has 4 aromatic carbocycles. The van der Waals surface area contributed by atoms with Crippen LogP contribution in [0.25, 0.3) is 11.1 Å². The number of ether oxygens (including phenoxy) is 4. The van der Waals surface area contributed by atoms with Crippen LogP contribution in [0.2, 0.25) is 0 Å². The molecule has 2 fully saturated rings. The maximum absolute atomic E-state index is 6.59. The Morgan fingerprint density at radius 2 is 0.804 bits per heavy atom. The van der Waals surface area contributed by atoms with Crippen LogP contribution in [0.5, 0.6) is 11.5 Å². The summed E-state index contributed by atoms with van der Waals surface area (Å²) in [5.41, 5.74) is 5.85. The zero-order chi connectivity index (χ0) is 36.4. The zero-order valence-corrected chi connectivity index (χ0v) is 31.4. The first-order valence-corrected chi connectivity index (χ1v) is 17.6. The van der Waals surface area contributed by atoms with Crippen molar-refractivity contribution in [3.63, 3.8) is 0 Å². The molecule has 7 rings (SSSR count). The average molecular weight is 690 g/mol. The Hall–Kier alpha value is -3.63. The topological polar surface area (TPSA) is 73.8 Å². The van der Waals surface area contributed by atoms with Gasteiger partial charge < -0.3 is 37.6 Å². The molecule has 266 valence electrons. The van der Waals surface area contributed by atoms with Crippen molar-refractivity contribution in [2.45, 2.75) is 83.2 Å². The number of benzene rings is 4. The number of fused-ring (bicyclic) bond motifs is 3. The van der Waals surface area contributed by atoms with Crippen molar-refractivity contribution in [1.29, 1.82) is 0 Å². The van der Waals surface area contributed by atoms with Gasteiger partial charge in [0.1, 0.15) is 11.5 Å². The SMILES string of the molecule is COCOc1ccc(C2(c3ccc(OCOC)cc3)c3cc(B4OC(C)(C)C(C)(C)O4)ccc3-c3ccc(B4OC(C)(C)C(C)(C)O4)cc32)cc1. The molecule has 0 spiro atoms. The Morgan fingerprint density at radius 3 is 1.12 bits per heavy atom. The van der Waals surface area contributed by atoms with Gasteiger partial charge in [-0.3, -0.25) is 0 Å². The Kier molecular flexibility index (Phi) is 8.97. The van der Waals surface area contributed by atoms with Crippen LogP contribution in [0.3, 0.4) is 0 Å². The summed E-state index contributed by atoms with van der Waals surface area (Å²) in [5.74, 6) is 1.43. The fraction of sp³-hybridized carbons (Fsp3) is 0.415. The van der Waals surface area contributed by atoms with Gasteiger partial charge in [0.05, 0.1) is 27.8 Å². The van der Waals surface area contributed by atoms with Crippen LogP contribution < -0.4 is 20.4 Å². The van der Waals surface area contributed by atoms with Crippen molar-refractivity contribution >= 4 is 25.2 Å². The van der Waals surface area contributed by atoms with Crippen molar-refractivity contribution in [2.24, 2.45) is 0 Å². The standard InChI is InChI=1S/C41H48B2O8/c1-37(2)38(3,4)49-42(48-37)29-15-21-33-34-22-16-30(43-50-39(5,6)40(7,8)51-43)24-36(34)41(35(33)23-29,27-11-17-31(18-12-27)46-25-44-9)28-13-19-32(20-14-28)47-26-45-10/h11-24H,25-26H2,1-10H3. The van der Waals surface area contributed by atoms with E-state index < -0.39 is 42.1 Å². The zero-order valence-electron chi connectivity index (χ0n) is 31.4. The Bertz CT molecular complexity index is 1730. The minimum Gasteiger partial charge on any atom is -0.468 e. The van der Waals surface area contributed by atoms with E-state index in [-0.39, 0.29) is 13.6 Å². The van der Waals surface area contributed by atoms with E-state index >= 15 is 0 Å². The van der Waals surface area contributed by atoms with Crippen LogP contribution in [0.1, 0.15) is 77.6 Å². The molecule has 2 heterocycles. The summed E-state index contributed by atoms with van der Waals surface area (Å²) in [6.45, 7) is 17.0. The highest BCUT2D eigenvalue weighted by Crippen LogP contribution is 2.56. The first-order chi connectivity index (χ1) is 24.1. The second kappa shape index (κ2) is 12.8. The quantitative estimate of drug-likeness (QED) is 0.120. The lowest BCUT2D eigenvalue weighted by atomic mass is 9.65. The molecule has 0 saturated carbocycles. The molecule has 2 saturated heterocycles. The lowest BCUT2D eigenvalue weighted by molar-refractivity contribution is 0.00578. The van der Waals surface area contributed by atoms with Gasteiger partial charge in [-0.1, -0.05) is 60.7 Å². The molecule has 0 atom stereocenters. The summed E-state index contributed by atoms with van der Waals surface area (Å²) in [4.78, 5) is 0. The summed E-state index contributed by atoms with van der Waals surface area (Å²) in [5, 5.41) is 0. The van der Waals surface area contributed by atoms with E-state index in [0.29, 0.717) is 0 Å². The van der Waals surface area contributed by atoms with Crippen molar-refractivity contribution in [3.05, 3.63) is 107 Å². The molecular weight excluding hydrogens is 642 g/mol. The van der Waals surface area contributed by atoms with E-state index in [9.17, 15) is 0 Å². The van der Waals surface area contributed by atoms with Crippen molar-refractivity contribution in [2.75, 3.05) is 27.8 Å². The molecule has 0 amide bonds. The van der Waals surface area contributed by atoms with Gasteiger partial charge in [0.25, 0.3) is 0 Å². The maximum atomic E-state index is 6.59. The third-order valence-corrected chi connectivity index (χ3v) is 11.5. The van der Waals surface area contributed by atoms with Crippen molar-refractivity contribution < 1.29 is 37.6 Å². The maximum Gasteiger partial charge on any atom is 0.494 e. The highest BCUT2D eigenvalue weighted by molar-refractivity contribution is 6.62. The molecule has 0 radical (unpaired) electrons. The molecule has 0 bridgehead atoms. The van der Waals surface area contributed by atoms with E-state index in [1.807, 2.05) is 24.3 Å². The highest BCUT2D eigenvalue weighted by atomic mass is 16.7. The molecular formula is C41H48B2O8. The van der Waals surface area contributed by atoms with Gasteiger partial charge in [-0.2, -0.15) is 0 Å². The first kappa shape index (κ1) is 35.8. The van der Waals surface area contributed by atoms with Crippen LogP contribution in [-0.4, -0.2) is 64.4 Å². The largest absolute Gasteiger partial charge is 0.494 e. The third kappa shape index (κ3) is 5.90. The number of rotatable bonds is 10. The van der Waals surface area contributed by atoms with Crippen LogP contribution in [0.15, 0.2) is 84.9 Å². The second-order valence-electron chi connectivity index (χ2n) is 15.7. The van der Waals surface area contributed by atoms with Gasteiger partial charge in [0.15, 0.2) is 13.6 Å². The molecule has 0 aromatic heterocycles.